The molecule has 14 heavy (non-hydrogen) atoms. The van der Waals surface area contributed by atoms with Crippen LogP contribution in [-0.2, 0) is 4.79 Å². The molecule has 1 aliphatic heterocycles. The first kappa shape index (κ1) is 10.6. The smallest absolute Gasteiger partial charge is 0.324 e. The minimum atomic E-state index is -0.362. The van der Waals surface area contributed by atoms with E-state index in [9.17, 15) is 9.59 Å². The van der Waals surface area contributed by atoms with Crippen LogP contribution in [0.1, 0.15) is 0 Å². The van der Waals surface area contributed by atoms with Crippen molar-refractivity contribution in [3.63, 3.8) is 0 Å². The van der Waals surface area contributed by atoms with Crippen molar-refractivity contribution in [3.8, 4) is 0 Å². The van der Waals surface area contributed by atoms with E-state index >= 15 is 0 Å². The van der Waals surface area contributed by atoms with Gasteiger partial charge in [0.1, 0.15) is 0 Å². The van der Waals surface area contributed by atoms with E-state index in [0.29, 0.717) is 12.3 Å². The summed E-state index contributed by atoms with van der Waals surface area (Å²) in [7, 11) is 0. The Morgan fingerprint density at radius 2 is 2.36 bits per heavy atom. The van der Waals surface area contributed by atoms with E-state index < -0.39 is 0 Å². The fraction of sp³-hybridized carbons (Fsp3) is 0.500. The van der Waals surface area contributed by atoms with Crippen LogP contribution in [0.3, 0.4) is 0 Å². The van der Waals surface area contributed by atoms with Crippen molar-refractivity contribution in [3.05, 3.63) is 0 Å². The molecular formula is C6H11N5O2S. The van der Waals surface area contributed by atoms with E-state index in [1.54, 1.807) is 0 Å². The summed E-state index contributed by atoms with van der Waals surface area (Å²) < 4.78 is 0. The summed E-state index contributed by atoms with van der Waals surface area (Å²) in [6.45, 7) is 0.384. The molecule has 0 bridgehead atoms. The minimum Gasteiger partial charge on any atom is -0.377 e. The van der Waals surface area contributed by atoms with Crippen LogP contribution in [0, 0.1) is 0 Å². The number of thioether (sulfide) groups is 1. The Kier molecular flexibility index (Phi) is 3.57. The first-order chi connectivity index (χ1) is 6.65. The van der Waals surface area contributed by atoms with Crippen molar-refractivity contribution in [2.75, 3.05) is 18.8 Å². The molecule has 0 aromatic rings. The molecule has 0 aromatic carbocycles. The Labute approximate surface area is 84.9 Å². The van der Waals surface area contributed by atoms with Gasteiger partial charge in [0.15, 0.2) is 5.17 Å². The maximum absolute atomic E-state index is 11.1. The van der Waals surface area contributed by atoms with Gasteiger partial charge in [0, 0.05) is 12.3 Å². The molecule has 0 aliphatic carbocycles. The number of hydrogen-bond acceptors (Lipinski definition) is 5. The van der Waals surface area contributed by atoms with Gasteiger partial charge in [-0.3, -0.25) is 9.69 Å². The van der Waals surface area contributed by atoms with Gasteiger partial charge >= 0.3 is 6.03 Å². The number of nitrogens with zero attached hydrogens (tertiary/aromatic N) is 2. The molecule has 1 fully saturated rings. The molecule has 1 saturated heterocycles. The zero-order valence-corrected chi connectivity index (χ0v) is 8.21. The van der Waals surface area contributed by atoms with Crippen molar-refractivity contribution < 1.29 is 9.59 Å². The molecule has 1 heterocycles. The summed E-state index contributed by atoms with van der Waals surface area (Å²) in [5.74, 6) is 5.17. The number of amides is 3. The lowest BCUT2D eigenvalue weighted by atomic mass is 10.5. The van der Waals surface area contributed by atoms with Crippen LogP contribution < -0.4 is 16.9 Å². The van der Waals surface area contributed by atoms with Gasteiger partial charge < -0.3 is 16.9 Å². The number of hydrazone groups is 1. The number of hydrogen-bond donors (Lipinski definition) is 3. The van der Waals surface area contributed by atoms with Crippen molar-refractivity contribution in [1.29, 1.82) is 0 Å². The molecule has 5 N–H and O–H groups in total. The predicted molar refractivity (Wildman–Crippen MR) is 53.4 cm³/mol. The number of nitrogens with two attached hydrogens (primary N) is 2. The van der Waals surface area contributed by atoms with E-state index in [4.69, 9.17) is 11.6 Å². The molecule has 0 unspecified atom stereocenters. The summed E-state index contributed by atoms with van der Waals surface area (Å²) in [5.41, 5.74) is 5.31. The highest BCUT2D eigenvalue weighted by atomic mass is 32.2. The van der Waals surface area contributed by atoms with Crippen molar-refractivity contribution in [2.24, 2.45) is 16.7 Å². The van der Waals surface area contributed by atoms with Crippen molar-refractivity contribution in [2.45, 2.75) is 0 Å². The molecule has 8 heteroatoms. The number of urea groups is 1. The second-order valence-electron chi connectivity index (χ2n) is 2.52. The maximum atomic E-state index is 11.1. The summed E-state index contributed by atoms with van der Waals surface area (Å²) in [5, 5.41) is 5.89. The molecule has 0 radical (unpaired) electrons. The number of rotatable bonds is 3. The minimum absolute atomic E-state index is 0.0734. The number of carbonyl (C=O) groups excluding carboxylic acids is 2. The molecule has 7 nitrogen and oxygen atoms in total. The molecule has 3 amide bonds. The van der Waals surface area contributed by atoms with Gasteiger partial charge in [0.2, 0.25) is 5.91 Å². The third-order valence-corrected chi connectivity index (χ3v) is 2.42. The Balaban J connectivity index is 2.31. The maximum Gasteiger partial charge on any atom is 0.324 e. The van der Waals surface area contributed by atoms with Crippen LogP contribution in [-0.4, -0.2) is 40.8 Å². The number of imide groups is 1. The largest absolute Gasteiger partial charge is 0.377 e. The van der Waals surface area contributed by atoms with Gasteiger partial charge in [-0.05, 0) is 0 Å². The molecule has 0 atom stereocenters. The fourth-order valence-corrected chi connectivity index (χ4v) is 1.52. The van der Waals surface area contributed by atoms with Gasteiger partial charge in [0.05, 0.1) is 6.54 Å². The highest BCUT2D eigenvalue weighted by Crippen LogP contribution is 2.04. The van der Waals surface area contributed by atoms with Crippen molar-refractivity contribution >= 4 is 28.9 Å². The summed E-state index contributed by atoms with van der Waals surface area (Å²) in [6, 6.07) is -0.362. The van der Waals surface area contributed by atoms with E-state index in [0.717, 1.165) is 4.90 Å². The Morgan fingerprint density at radius 3 is 2.86 bits per heavy atom. The lowest BCUT2D eigenvalue weighted by molar-refractivity contribution is -0.124. The van der Waals surface area contributed by atoms with Gasteiger partial charge in [-0.25, -0.2) is 4.79 Å². The first-order valence-corrected chi connectivity index (χ1v) is 4.88. The van der Waals surface area contributed by atoms with Crippen LogP contribution in [0.15, 0.2) is 5.10 Å². The standard InChI is InChI=1S/C6H11N5O2S/c7-5(10-8)14-2-1-11-4(12)3-9-6(11)13/h1-3,8H2,(H2,7,10)(H,9,13). The zero-order valence-electron chi connectivity index (χ0n) is 7.40. The van der Waals surface area contributed by atoms with Crippen LogP contribution in [0.25, 0.3) is 0 Å². The van der Waals surface area contributed by atoms with Crippen LogP contribution in [0.5, 0.6) is 0 Å². The van der Waals surface area contributed by atoms with Gasteiger partial charge in [-0.1, -0.05) is 11.8 Å². The molecular weight excluding hydrogens is 206 g/mol. The average molecular weight is 217 g/mol. The van der Waals surface area contributed by atoms with Gasteiger partial charge in [0.25, 0.3) is 0 Å². The van der Waals surface area contributed by atoms with Crippen molar-refractivity contribution in [1.82, 2.24) is 10.2 Å². The topological polar surface area (TPSA) is 114 Å². The summed E-state index contributed by atoms with van der Waals surface area (Å²) in [6.07, 6.45) is 0. The predicted octanol–water partition coefficient (Wildman–Crippen LogP) is -1.54. The molecule has 1 rings (SSSR count). The van der Waals surface area contributed by atoms with E-state index in [-0.39, 0.29) is 23.7 Å². The summed E-state index contributed by atoms with van der Waals surface area (Å²) in [4.78, 5) is 23.2. The Morgan fingerprint density at radius 1 is 1.64 bits per heavy atom. The third-order valence-electron chi connectivity index (χ3n) is 1.63. The van der Waals surface area contributed by atoms with E-state index in [1.165, 1.54) is 11.8 Å². The lowest BCUT2D eigenvalue weighted by Crippen LogP contribution is -2.33. The van der Waals surface area contributed by atoms with Gasteiger partial charge in [-0.2, -0.15) is 5.10 Å². The second-order valence-corrected chi connectivity index (χ2v) is 3.64. The first-order valence-electron chi connectivity index (χ1n) is 3.89. The van der Waals surface area contributed by atoms with E-state index in [2.05, 4.69) is 10.4 Å². The highest BCUT2D eigenvalue weighted by molar-refractivity contribution is 8.13. The zero-order chi connectivity index (χ0) is 10.6. The van der Waals surface area contributed by atoms with E-state index in [1.807, 2.05) is 0 Å². The molecule has 0 saturated carbocycles. The fourth-order valence-electron chi connectivity index (χ4n) is 0.960. The Hall–Kier alpha value is -1.44. The number of carbonyl (C=O) groups is 2. The SMILES string of the molecule is NN=C(N)SCCN1C(=O)CNC1=O. The molecule has 0 aromatic heterocycles. The van der Waals surface area contributed by atoms with Gasteiger partial charge in [-0.15, -0.1) is 0 Å². The van der Waals surface area contributed by atoms with Crippen LogP contribution >= 0.6 is 11.8 Å². The molecule has 78 valence electrons. The monoisotopic (exact) mass is 217 g/mol. The average Bonchev–Trinajstić information content (AvgIpc) is 2.48. The Bertz CT molecular complexity index is 263. The quantitative estimate of drug-likeness (QED) is 0.174. The molecule has 1 aliphatic rings. The second kappa shape index (κ2) is 4.70. The molecule has 0 spiro atoms. The van der Waals surface area contributed by atoms with Crippen LogP contribution in [0.4, 0.5) is 4.79 Å². The normalized spacial score (nSPS) is 17.4. The number of amidine groups is 1. The number of nitrogens with one attached hydrogen (secondary N) is 1. The highest BCUT2D eigenvalue weighted by Gasteiger charge is 2.27. The third kappa shape index (κ3) is 2.52. The van der Waals surface area contributed by atoms with Crippen LogP contribution in [0.2, 0.25) is 0 Å². The lowest BCUT2D eigenvalue weighted by Gasteiger charge is -2.10. The summed E-state index contributed by atoms with van der Waals surface area (Å²) >= 11 is 1.20.